The van der Waals surface area contributed by atoms with Crippen molar-refractivity contribution in [2.45, 2.75) is 32.2 Å². The third kappa shape index (κ3) is 4.67. The van der Waals surface area contributed by atoms with Crippen molar-refractivity contribution in [3.63, 3.8) is 0 Å². The molecule has 0 bridgehead atoms. The van der Waals surface area contributed by atoms with Crippen LogP contribution in [0.1, 0.15) is 36.4 Å². The largest absolute Gasteiger partial charge is 0.493 e. The van der Waals surface area contributed by atoms with Gasteiger partial charge >= 0.3 is 0 Å². The van der Waals surface area contributed by atoms with Crippen molar-refractivity contribution in [2.75, 3.05) is 13.2 Å². The summed E-state index contributed by atoms with van der Waals surface area (Å²) < 4.78 is 11.3. The van der Waals surface area contributed by atoms with Crippen LogP contribution in [0.4, 0.5) is 0 Å². The summed E-state index contributed by atoms with van der Waals surface area (Å²) in [6, 6.07) is 13.4. The zero-order chi connectivity index (χ0) is 17.6. The van der Waals surface area contributed by atoms with Gasteiger partial charge in [0.2, 0.25) is 5.91 Å². The maximum atomic E-state index is 12.3. The average molecular weight is 360 g/mol. The smallest absolute Gasteiger partial charge is 0.220 e. The molecule has 0 aromatic heterocycles. The Balaban J connectivity index is 1.47. The molecular weight excluding hydrogens is 338 g/mol. The molecular formula is C20H22ClNO3. The van der Waals surface area contributed by atoms with Gasteiger partial charge in [-0.15, -0.1) is 0 Å². The number of fused-ring (bicyclic) bond motifs is 1. The molecule has 0 saturated carbocycles. The fourth-order valence-corrected chi connectivity index (χ4v) is 3.10. The van der Waals surface area contributed by atoms with Crippen LogP contribution in [-0.4, -0.2) is 19.1 Å². The number of rotatable bonds is 6. The quantitative estimate of drug-likeness (QED) is 0.775. The second kappa shape index (κ2) is 8.26. The second-order valence-corrected chi connectivity index (χ2v) is 6.59. The van der Waals surface area contributed by atoms with Gasteiger partial charge in [0.1, 0.15) is 11.5 Å². The second-order valence-electron chi connectivity index (χ2n) is 6.18. The summed E-state index contributed by atoms with van der Waals surface area (Å²) in [4.78, 5) is 12.3. The third-order valence-corrected chi connectivity index (χ3v) is 4.49. The van der Waals surface area contributed by atoms with Crippen LogP contribution in [0, 0.1) is 6.92 Å². The fraction of sp³-hybridized carbons (Fsp3) is 0.350. The first-order valence-corrected chi connectivity index (χ1v) is 8.91. The number of carbonyl (C=O) groups excluding carboxylic acids is 1. The van der Waals surface area contributed by atoms with Crippen molar-refractivity contribution >= 4 is 17.5 Å². The van der Waals surface area contributed by atoms with E-state index in [-0.39, 0.29) is 11.9 Å². The minimum atomic E-state index is 0.0145. The van der Waals surface area contributed by atoms with Crippen molar-refractivity contribution in [1.82, 2.24) is 5.32 Å². The maximum Gasteiger partial charge on any atom is 0.220 e. The Bertz CT molecular complexity index is 747. The zero-order valence-corrected chi connectivity index (χ0v) is 15.0. The summed E-state index contributed by atoms with van der Waals surface area (Å²) in [6.07, 6.45) is 1.85. The third-order valence-electron chi connectivity index (χ3n) is 4.18. The van der Waals surface area contributed by atoms with Crippen molar-refractivity contribution in [3.8, 4) is 11.5 Å². The van der Waals surface area contributed by atoms with Crippen LogP contribution in [0.15, 0.2) is 42.5 Å². The highest BCUT2D eigenvalue weighted by Crippen LogP contribution is 2.32. The number of para-hydroxylation sites is 1. The molecule has 0 saturated heterocycles. The summed E-state index contributed by atoms with van der Waals surface area (Å²) in [6.45, 7) is 3.12. The Kier molecular flexibility index (Phi) is 5.82. The SMILES string of the molecule is Cc1ccc2c(c1)C(NC(=O)CCCOc1ccccc1Cl)CCO2. The molecule has 4 nitrogen and oxygen atoms in total. The lowest BCUT2D eigenvalue weighted by atomic mass is 9.98. The minimum absolute atomic E-state index is 0.0145. The van der Waals surface area contributed by atoms with E-state index in [0.717, 1.165) is 23.3 Å². The molecule has 0 spiro atoms. The van der Waals surface area contributed by atoms with Gasteiger partial charge in [-0.05, 0) is 31.5 Å². The van der Waals surface area contributed by atoms with Crippen LogP contribution in [-0.2, 0) is 4.79 Å². The molecule has 1 unspecified atom stereocenters. The number of hydrogen-bond acceptors (Lipinski definition) is 3. The lowest BCUT2D eigenvalue weighted by Crippen LogP contribution is -2.32. The first kappa shape index (κ1) is 17.6. The number of nitrogens with one attached hydrogen (secondary N) is 1. The highest BCUT2D eigenvalue weighted by molar-refractivity contribution is 6.32. The highest BCUT2D eigenvalue weighted by Gasteiger charge is 2.22. The Hall–Kier alpha value is -2.20. The first-order chi connectivity index (χ1) is 12.1. The van der Waals surface area contributed by atoms with Crippen LogP contribution in [0.3, 0.4) is 0 Å². The van der Waals surface area contributed by atoms with Crippen LogP contribution >= 0.6 is 11.6 Å². The lowest BCUT2D eigenvalue weighted by molar-refractivity contribution is -0.122. The molecule has 0 fully saturated rings. The van der Waals surface area contributed by atoms with Gasteiger partial charge in [-0.1, -0.05) is 41.4 Å². The van der Waals surface area contributed by atoms with E-state index in [1.165, 1.54) is 0 Å². The summed E-state index contributed by atoms with van der Waals surface area (Å²) in [5.74, 6) is 1.55. The van der Waals surface area contributed by atoms with Crippen molar-refractivity contribution in [2.24, 2.45) is 0 Å². The van der Waals surface area contributed by atoms with Crippen molar-refractivity contribution in [3.05, 3.63) is 58.6 Å². The molecule has 2 aromatic rings. The first-order valence-electron chi connectivity index (χ1n) is 8.53. The summed E-state index contributed by atoms with van der Waals surface area (Å²) in [7, 11) is 0. The molecule has 1 aliphatic rings. The van der Waals surface area contributed by atoms with Gasteiger partial charge in [0.05, 0.1) is 24.3 Å². The molecule has 132 valence electrons. The van der Waals surface area contributed by atoms with Gasteiger partial charge in [0.15, 0.2) is 0 Å². The molecule has 5 heteroatoms. The average Bonchev–Trinajstić information content (AvgIpc) is 2.61. The molecule has 1 aliphatic heterocycles. The minimum Gasteiger partial charge on any atom is -0.493 e. The fourth-order valence-electron chi connectivity index (χ4n) is 2.91. The number of ether oxygens (including phenoxy) is 2. The molecule has 1 N–H and O–H groups in total. The molecule has 25 heavy (non-hydrogen) atoms. The Morgan fingerprint density at radius 1 is 1.32 bits per heavy atom. The van der Waals surface area contributed by atoms with Gasteiger partial charge < -0.3 is 14.8 Å². The lowest BCUT2D eigenvalue weighted by Gasteiger charge is -2.27. The number of halogens is 1. The van der Waals surface area contributed by atoms with Gasteiger partial charge in [0.25, 0.3) is 0 Å². The van der Waals surface area contributed by atoms with E-state index in [4.69, 9.17) is 21.1 Å². The van der Waals surface area contributed by atoms with Gasteiger partial charge in [-0.3, -0.25) is 4.79 Å². The molecule has 2 aromatic carbocycles. The molecule has 0 radical (unpaired) electrons. The number of aryl methyl sites for hydroxylation is 1. The molecule has 1 heterocycles. The standard InChI is InChI=1S/C20H22ClNO3/c1-14-8-9-18-15(13-14)17(10-12-25-18)22-20(23)7-4-11-24-19-6-3-2-5-16(19)21/h2-3,5-6,8-9,13,17H,4,7,10-12H2,1H3,(H,22,23). The number of amides is 1. The topological polar surface area (TPSA) is 47.6 Å². The Morgan fingerprint density at radius 3 is 3.00 bits per heavy atom. The number of hydrogen-bond donors (Lipinski definition) is 1. The van der Waals surface area contributed by atoms with Crippen molar-refractivity contribution in [1.29, 1.82) is 0 Å². The Labute approximate surface area is 153 Å². The van der Waals surface area contributed by atoms with E-state index in [9.17, 15) is 4.79 Å². The molecule has 1 amide bonds. The van der Waals surface area contributed by atoms with Gasteiger partial charge in [0, 0.05) is 18.4 Å². The predicted octanol–water partition coefficient (Wildman–Crippen LogP) is 4.45. The molecule has 1 atom stereocenters. The summed E-state index contributed by atoms with van der Waals surface area (Å²) in [5, 5.41) is 3.70. The van der Waals surface area contributed by atoms with Crippen LogP contribution < -0.4 is 14.8 Å². The molecule has 3 rings (SSSR count). The predicted molar refractivity (Wildman–Crippen MR) is 98.4 cm³/mol. The van der Waals surface area contributed by atoms with E-state index in [1.54, 1.807) is 6.07 Å². The molecule has 0 aliphatic carbocycles. The normalized spacial score (nSPS) is 15.8. The number of benzene rings is 2. The summed E-state index contributed by atoms with van der Waals surface area (Å²) in [5.41, 5.74) is 2.23. The van der Waals surface area contributed by atoms with E-state index in [0.29, 0.717) is 36.8 Å². The monoisotopic (exact) mass is 359 g/mol. The number of carbonyl (C=O) groups is 1. The van der Waals surface area contributed by atoms with E-state index < -0.39 is 0 Å². The Morgan fingerprint density at radius 2 is 2.16 bits per heavy atom. The van der Waals surface area contributed by atoms with Crippen molar-refractivity contribution < 1.29 is 14.3 Å². The van der Waals surface area contributed by atoms with Crippen LogP contribution in [0.25, 0.3) is 0 Å². The van der Waals surface area contributed by atoms with Crippen LogP contribution in [0.5, 0.6) is 11.5 Å². The van der Waals surface area contributed by atoms with E-state index >= 15 is 0 Å². The highest BCUT2D eigenvalue weighted by atomic mass is 35.5. The van der Waals surface area contributed by atoms with E-state index in [1.807, 2.05) is 37.3 Å². The van der Waals surface area contributed by atoms with Gasteiger partial charge in [-0.2, -0.15) is 0 Å². The summed E-state index contributed by atoms with van der Waals surface area (Å²) >= 11 is 6.04. The van der Waals surface area contributed by atoms with Gasteiger partial charge in [-0.25, -0.2) is 0 Å². The maximum absolute atomic E-state index is 12.3. The van der Waals surface area contributed by atoms with Crippen LogP contribution in [0.2, 0.25) is 5.02 Å². The van der Waals surface area contributed by atoms with E-state index in [2.05, 4.69) is 11.4 Å². The zero-order valence-electron chi connectivity index (χ0n) is 14.3.